The monoisotopic (exact) mass is 405 g/mol. The summed E-state index contributed by atoms with van der Waals surface area (Å²) < 4.78 is 20.8. The van der Waals surface area contributed by atoms with Crippen LogP contribution >= 0.6 is 0 Å². The van der Waals surface area contributed by atoms with Gasteiger partial charge >= 0.3 is 6.03 Å². The van der Waals surface area contributed by atoms with E-state index < -0.39 is 11.9 Å². The molecule has 0 aliphatic carbocycles. The summed E-state index contributed by atoms with van der Waals surface area (Å²) in [5.41, 5.74) is 4.83. The number of halogens is 1. The van der Waals surface area contributed by atoms with Crippen LogP contribution in [-0.2, 0) is 11.4 Å². The number of aryl methyl sites for hydroxylation is 1. The second-order valence-corrected chi connectivity index (χ2v) is 7.04. The Hall–Kier alpha value is -3.87. The van der Waals surface area contributed by atoms with E-state index in [-0.39, 0.29) is 11.5 Å². The summed E-state index contributed by atoms with van der Waals surface area (Å²) >= 11 is 0. The molecule has 3 aromatic rings. The Kier molecular flexibility index (Phi) is 5.10. The maximum atomic E-state index is 13.0. The van der Waals surface area contributed by atoms with Crippen molar-refractivity contribution in [3.8, 4) is 11.4 Å². The molecule has 1 fully saturated rings. The van der Waals surface area contributed by atoms with Crippen molar-refractivity contribution in [1.82, 2.24) is 15.2 Å². The van der Waals surface area contributed by atoms with Gasteiger partial charge in [-0.05, 0) is 73.5 Å². The normalized spacial score (nSPS) is 14.7. The van der Waals surface area contributed by atoms with Gasteiger partial charge in [0, 0.05) is 17.1 Å². The molecule has 2 heterocycles. The van der Waals surface area contributed by atoms with Crippen molar-refractivity contribution in [3.63, 3.8) is 0 Å². The van der Waals surface area contributed by atoms with Gasteiger partial charge in [-0.15, -0.1) is 0 Å². The summed E-state index contributed by atoms with van der Waals surface area (Å²) in [5.74, 6) is -0.00260. The highest BCUT2D eigenvalue weighted by Crippen LogP contribution is 2.25. The van der Waals surface area contributed by atoms with Gasteiger partial charge < -0.3 is 14.6 Å². The highest BCUT2D eigenvalue weighted by atomic mass is 19.1. The molecule has 1 aliphatic rings. The van der Waals surface area contributed by atoms with Crippen LogP contribution in [0.15, 0.2) is 60.3 Å². The average molecular weight is 405 g/mol. The number of amides is 3. The fourth-order valence-electron chi connectivity index (χ4n) is 3.41. The molecule has 6 nitrogen and oxygen atoms in total. The molecule has 0 unspecified atom stereocenters. The quantitative estimate of drug-likeness (QED) is 0.498. The minimum absolute atomic E-state index is 0.227. The lowest BCUT2D eigenvalue weighted by Crippen LogP contribution is -2.22. The molecule has 0 saturated carbocycles. The Morgan fingerprint density at radius 1 is 1.00 bits per heavy atom. The topological polar surface area (TPSA) is 72.4 Å². The molecule has 152 valence electrons. The molecule has 7 heteroatoms. The van der Waals surface area contributed by atoms with Crippen LogP contribution < -0.4 is 15.4 Å². The summed E-state index contributed by atoms with van der Waals surface area (Å²) in [7, 11) is 0. The number of benzene rings is 2. The third kappa shape index (κ3) is 3.96. The van der Waals surface area contributed by atoms with Crippen molar-refractivity contribution in [3.05, 3.63) is 88.6 Å². The minimum atomic E-state index is -0.517. The lowest BCUT2D eigenvalue weighted by Gasteiger charge is -2.11. The number of carbonyl (C=O) groups is 2. The van der Waals surface area contributed by atoms with Gasteiger partial charge in [0.2, 0.25) is 0 Å². The van der Waals surface area contributed by atoms with Crippen LogP contribution in [0.4, 0.5) is 9.18 Å². The first-order chi connectivity index (χ1) is 14.4. The second kappa shape index (κ2) is 7.87. The molecular formula is C23H20FN3O3. The zero-order chi connectivity index (χ0) is 21.3. The molecule has 0 radical (unpaired) electrons. The summed E-state index contributed by atoms with van der Waals surface area (Å²) in [6.45, 7) is 4.28. The fraction of sp³-hybridized carbons (Fsp3) is 0.130. The molecular weight excluding hydrogens is 385 g/mol. The van der Waals surface area contributed by atoms with Gasteiger partial charge in [-0.25, -0.2) is 9.18 Å². The zero-order valence-electron chi connectivity index (χ0n) is 16.5. The van der Waals surface area contributed by atoms with E-state index in [2.05, 4.69) is 15.2 Å². The molecule has 1 aromatic heterocycles. The van der Waals surface area contributed by atoms with Crippen molar-refractivity contribution in [1.29, 1.82) is 0 Å². The first-order valence-electron chi connectivity index (χ1n) is 9.41. The third-order valence-electron chi connectivity index (χ3n) is 4.90. The molecule has 4 rings (SSSR count). The standard InChI is InChI=1S/C23H20FN3O3/c1-14-11-17(12-21-22(28)26-23(29)25-21)15(2)27(14)19-7-9-20(10-8-19)30-13-16-3-5-18(24)6-4-16/h3-12H,13H2,1-2H3,(H2,25,26,28,29). The number of carbonyl (C=O) groups excluding carboxylic acids is 2. The van der Waals surface area contributed by atoms with E-state index in [9.17, 15) is 14.0 Å². The SMILES string of the molecule is Cc1cc(C=C2NC(=O)NC2=O)c(C)n1-c1ccc(OCc2ccc(F)cc2)cc1. The maximum absolute atomic E-state index is 13.0. The minimum Gasteiger partial charge on any atom is -0.489 e. The Balaban J connectivity index is 1.52. The van der Waals surface area contributed by atoms with Crippen LogP contribution in [0.3, 0.4) is 0 Å². The molecule has 30 heavy (non-hydrogen) atoms. The first kappa shape index (κ1) is 19.4. The number of urea groups is 1. The van der Waals surface area contributed by atoms with Crippen molar-refractivity contribution in [2.45, 2.75) is 20.5 Å². The second-order valence-electron chi connectivity index (χ2n) is 7.04. The van der Waals surface area contributed by atoms with Gasteiger partial charge in [-0.1, -0.05) is 12.1 Å². The van der Waals surface area contributed by atoms with Crippen LogP contribution in [0.5, 0.6) is 5.75 Å². The van der Waals surface area contributed by atoms with Gasteiger partial charge in [-0.3, -0.25) is 10.1 Å². The molecule has 0 bridgehead atoms. The number of hydrogen-bond donors (Lipinski definition) is 2. The lowest BCUT2D eigenvalue weighted by molar-refractivity contribution is -0.115. The van der Waals surface area contributed by atoms with Crippen molar-refractivity contribution in [2.75, 3.05) is 0 Å². The van der Waals surface area contributed by atoms with E-state index in [0.717, 1.165) is 28.2 Å². The molecule has 1 saturated heterocycles. The first-order valence-corrected chi connectivity index (χ1v) is 9.41. The van der Waals surface area contributed by atoms with Crippen molar-refractivity contribution in [2.24, 2.45) is 0 Å². The highest BCUT2D eigenvalue weighted by Gasteiger charge is 2.23. The van der Waals surface area contributed by atoms with Gasteiger partial charge in [0.25, 0.3) is 5.91 Å². The van der Waals surface area contributed by atoms with Gasteiger partial charge in [0.05, 0.1) is 0 Å². The van der Waals surface area contributed by atoms with Crippen LogP contribution in [0.1, 0.15) is 22.5 Å². The number of aromatic nitrogens is 1. The van der Waals surface area contributed by atoms with Gasteiger partial charge in [-0.2, -0.15) is 0 Å². The highest BCUT2D eigenvalue weighted by molar-refractivity contribution is 6.14. The summed E-state index contributed by atoms with van der Waals surface area (Å²) in [4.78, 5) is 23.1. The van der Waals surface area contributed by atoms with Crippen LogP contribution in [0, 0.1) is 19.7 Å². The largest absolute Gasteiger partial charge is 0.489 e. The molecule has 2 aromatic carbocycles. The Labute approximate surface area is 173 Å². The molecule has 0 atom stereocenters. The molecule has 1 aliphatic heterocycles. The number of nitrogens with one attached hydrogen (secondary N) is 2. The van der Waals surface area contributed by atoms with Crippen molar-refractivity contribution >= 4 is 18.0 Å². The number of rotatable bonds is 5. The molecule has 3 amide bonds. The van der Waals surface area contributed by atoms with E-state index in [1.54, 1.807) is 18.2 Å². The van der Waals surface area contributed by atoms with E-state index in [1.165, 1.54) is 12.1 Å². The van der Waals surface area contributed by atoms with Gasteiger partial charge in [0.15, 0.2) is 0 Å². The Bertz CT molecular complexity index is 1150. The summed E-state index contributed by atoms with van der Waals surface area (Å²) in [5, 5.41) is 4.70. The lowest BCUT2D eigenvalue weighted by atomic mass is 10.2. The van der Waals surface area contributed by atoms with Crippen LogP contribution in [0.2, 0.25) is 0 Å². The zero-order valence-corrected chi connectivity index (χ0v) is 16.5. The predicted molar refractivity (Wildman–Crippen MR) is 111 cm³/mol. The average Bonchev–Trinajstić information content (AvgIpc) is 3.19. The predicted octanol–water partition coefficient (Wildman–Crippen LogP) is 3.99. The number of imide groups is 1. The van der Waals surface area contributed by atoms with Crippen LogP contribution in [0.25, 0.3) is 11.8 Å². The number of nitrogens with zero attached hydrogens (tertiary/aromatic N) is 1. The number of ether oxygens (including phenoxy) is 1. The Morgan fingerprint density at radius 3 is 2.33 bits per heavy atom. The van der Waals surface area contributed by atoms with E-state index in [4.69, 9.17) is 4.74 Å². The fourth-order valence-corrected chi connectivity index (χ4v) is 3.41. The molecule has 0 spiro atoms. The Morgan fingerprint density at radius 2 is 1.70 bits per heavy atom. The van der Waals surface area contributed by atoms with E-state index in [1.807, 2.05) is 44.2 Å². The molecule has 2 N–H and O–H groups in total. The van der Waals surface area contributed by atoms with Crippen molar-refractivity contribution < 1.29 is 18.7 Å². The van der Waals surface area contributed by atoms with E-state index in [0.29, 0.717) is 12.4 Å². The van der Waals surface area contributed by atoms with E-state index >= 15 is 0 Å². The van der Waals surface area contributed by atoms with Gasteiger partial charge in [0.1, 0.15) is 23.9 Å². The number of hydrogen-bond acceptors (Lipinski definition) is 3. The summed E-state index contributed by atoms with van der Waals surface area (Å²) in [6.07, 6.45) is 1.67. The third-order valence-corrected chi connectivity index (χ3v) is 4.90. The van der Waals surface area contributed by atoms with Crippen LogP contribution in [-0.4, -0.2) is 16.5 Å². The summed E-state index contributed by atoms with van der Waals surface area (Å²) in [6, 6.07) is 15.3. The maximum Gasteiger partial charge on any atom is 0.326 e. The smallest absolute Gasteiger partial charge is 0.326 e.